The molecule has 0 saturated heterocycles. The zero-order chi connectivity index (χ0) is 15.0. The van der Waals surface area contributed by atoms with Gasteiger partial charge in [-0.25, -0.2) is 9.67 Å². The standard InChI is InChI=1S/C12H10N6O2S/c1-7-11(10-6-21-12(13)14-10)15-16-17(7)8-2-4-9(5-3-8)18(19)20/h2-6H,1H3,(H2,13,14). The van der Waals surface area contributed by atoms with Crippen LogP contribution in [0.3, 0.4) is 0 Å². The first-order valence-corrected chi connectivity index (χ1v) is 6.82. The van der Waals surface area contributed by atoms with Gasteiger partial charge >= 0.3 is 0 Å². The van der Waals surface area contributed by atoms with E-state index < -0.39 is 4.92 Å². The second kappa shape index (κ2) is 4.94. The molecule has 0 bridgehead atoms. The van der Waals surface area contributed by atoms with E-state index in [1.54, 1.807) is 16.8 Å². The predicted molar refractivity (Wildman–Crippen MR) is 78.3 cm³/mol. The van der Waals surface area contributed by atoms with Crippen LogP contribution in [0.2, 0.25) is 0 Å². The molecule has 3 aromatic rings. The van der Waals surface area contributed by atoms with Crippen LogP contribution in [0.25, 0.3) is 17.1 Å². The lowest BCUT2D eigenvalue weighted by Crippen LogP contribution is -1.99. The van der Waals surface area contributed by atoms with Crippen LogP contribution in [0.15, 0.2) is 29.6 Å². The Hall–Kier alpha value is -2.81. The van der Waals surface area contributed by atoms with Crippen LogP contribution >= 0.6 is 11.3 Å². The zero-order valence-electron chi connectivity index (χ0n) is 10.9. The Bertz CT molecular complexity index is 808. The van der Waals surface area contributed by atoms with Crippen molar-refractivity contribution in [2.75, 3.05) is 5.73 Å². The lowest BCUT2D eigenvalue weighted by Gasteiger charge is -2.02. The van der Waals surface area contributed by atoms with Crippen molar-refractivity contribution >= 4 is 22.2 Å². The molecule has 0 saturated carbocycles. The number of hydrogen-bond donors (Lipinski definition) is 1. The molecule has 106 valence electrons. The molecule has 0 atom stereocenters. The van der Waals surface area contributed by atoms with E-state index >= 15 is 0 Å². The number of thiazole rings is 1. The summed E-state index contributed by atoms with van der Waals surface area (Å²) in [6, 6.07) is 6.10. The minimum absolute atomic E-state index is 0.0315. The summed E-state index contributed by atoms with van der Waals surface area (Å²) in [6.45, 7) is 1.85. The Labute approximate surface area is 123 Å². The fraction of sp³-hybridized carbons (Fsp3) is 0.0833. The van der Waals surface area contributed by atoms with E-state index in [9.17, 15) is 10.1 Å². The van der Waals surface area contributed by atoms with Crippen molar-refractivity contribution in [1.29, 1.82) is 0 Å². The quantitative estimate of drug-likeness (QED) is 0.586. The topological polar surface area (TPSA) is 113 Å². The number of nitrogens with two attached hydrogens (primary N) is 1. The van der Waals surface area contributed by atoms with E-state index in [-0.39, 0.29) is 5.69 Å². The van der Waals surface area contributed by atoms with Gasteiger partial charge in [0.2, 0.25) is 0 Å². The molecule has 1 aromatic carbocycles. The number of benzene rings is 1. The fourth-order valence-corrected chi connectivity index (χ4v) is 2.47. The van der Waals surface area contributed by atoms with Gasteiger partial charge in [-0.2, -0.15) is 0 Å². The highest BCUT2D eigenvalue weighted by Gasteiger charge is 2.15. The molecule has 0 amide bonds. The Morgan fingerprint density at radius 1 is 1.33 bits per heavy atom. The average molecular weight is 302 g/mol. The summed E-state index contributed by atoms with van der Waals surface area (Å²) in [5, 5.41) is 21.1. The third kappa shape index (κ3) is 2.34. The molecular formula is C12H10N6O2S. The minimum atomic E-state index is -0.443. The van der Waals surface area contributed by atoms with Gasteiger partial charge in [-0.15, -0.1) is 16.4 Å². The Morgan fingerprint density at radius 3 is 2.62 bits per heavy atom. The molecule has 9 heteroatoms. The van der Waals surface area contributed by atoms with Crippen molar-refractivity contribution in [3.05, 3.63) is 45.5 Å². The van der Waals surface area contributed by atoms with Gasteiger partial charge in [-0.3, -0.25) is 10.1 Å². The van der Waals surface area contributed by atoms with E-state index in [2.05, 4.69) is 15.3 Å². The first kappa shape index (κ1) is 13.2. The zero-order valence-corrected chi connectivity index (χ0v) is 11.7. The summed E-state index contributed by atoms with van der Waals surface area (Å²) in [4.78, 5) is 14.4. The van der Waals surface area contributed by atoms with Gasteiger partial charge in [-0.1, -0.05) is 5.21 Å². The average Bonchev–Trinajstić information content (AvgIpc) is 3.05. The molecule has 0 fully saturated rings. The highest BCUT2D eigenvalue weighted by molar-refractivity contribution is 7.13. The van der Waals surface area contributed by atoms with Crippen LogP contribution in [-0.2, 0) is 0 Å². The molecule has 2 heterocycles. The van der Waals surface area contributed by atoms with Crippen molar-refractivity contribution in [3.63, 3.8) is 0 Å². The first-order valence-electron chi connectivity index (χ1n) is 5.95. The predicted octanol–water partition coefficient (Wildman–Crippen LogP) is 2.19. The number of aromatic nitrogens is 4. The van der Waals surface area contributed by atoms with E-state index in [1.807, 2.05) is 12.3 Å². The SMILES string of the molecule is Cc1c(-c2csc(N)n2)nnn1-c1ccc([N+](=O)[O-])cc1. The Balaban J connectivity index is 2.00. The van der Waals surface area contributed by atoms with Crippen LogP contribution in [0, 0.1) is 17.0 Å². The maximum atomic E-state index is 10.7. The second-order valence-corrected chi connectivity index (χ2v) is 5.17. The monoisotopic (exact) mass is 302 g/mol. The Kier molecular flexibility index (Phi) is 3.10. The number of rotatable bonds is 3. The molecule has 2 aromatic heterocycles. The highest BCUT2D eigenvalue weighted by Crippen LogP contribution is 2.25. The summed E-state index contributed by atoms with van der Waals surface area (Å²) >= 11 is 1.33. The summed E-state index contributed by atoms with van der Waals surface area (Å²) in [7, 11) is 0. The largest absolute Gasteiger partial charge is 0.375 e. The van der Waals surface area contributed by atoms with Gasteiger partial charge in [-0.05, 0) is 19.1 Å². The molecule has 0 aliphatic carbocycles. The van der Waals surface area contributed by atoms with Crippen molar-refractivity contribution in [3.8, 4) is 17.1 Å². The number of hydrogen-bond acceptors (Lipinski definition) is 7. The molecular weight excluding hydrogens is 292 g/mol. The summed E-state index contributed by atoms with van der Waals surface area (Å²) in [5.41, 5.74) is 8.44. The molecule has 0 aliphatic heterocycles. The minimum Gasteiger partial charge on any atom is -0.375 e. The van der Waals surface area contributed by atoms with Crippen LogP contribution < -0.4 is 5.73 Å². The second-order valence-electron chi connectivity index (χ2n) is 4.28. The van der Waals surface area contributed by atoms with Gasteiger partial charge in [0.25, 0.3) is 5.69 Å². The van der Waals surface area contributed by atoms with Crippen LogP contribution in [0.1, 0.15) is 5.69 Å². The normalized spacial score (nSPS) is 10.7. The Morgan fingerprint density at radius 2 is 2.05 bits per heavy atom. The third-order valence-corrected chi connectivity index (χ3v) is 3.64. The maximum Gasteiger partial charge on any atom is 0.269 e. The first-order chi connectivity index (χ1) is 10.1. The molecule has 8 nitrogen and oxygen atoms in total. The number of nitro benzene ring substituents is 1. The smallest absolute Gasteiger partial charge is 0.269 e. The van der Waals surface area contributed by atoms with Gasteiger partial charge in [0.15, 0.2) is 5.13 Å². The fourth-order valence-electron chi connectivity index (χ4n) is 1.92. The van der Waals surface area contributed by atoms with E-state index in [0.717, 1.165) is 5.69 Å². The van der Waals surface area contributed by atoms with Crippen molar-refractivity contribution in [2.45, 2.75) is 6.92 Å². The van der Waals surface area contributed by atoms with Crippen molar-refractivity contribution < 1.29 is 4.92 Å². The maximum absolute atomic E-state index is 10.7. The van der Waals surface area contributed by atoms with Crippen molar-refractivity contribution in [1.82, 2.24) is 20.0 Å². The number of nitrogens with zero attached hydrogens (tertiary/aromatic N) is 5. The van der Waals surface area contributed by atoms with Gasteiger partial charge in [0.05, 0.1) is 16.3 Å². The molecule has 3 rings (SSSR count). The lowest BCUT2D eigenvalue weighted by molar-refractivity contribution is -0.384. The van der Waals surface area contributed by atoms with Gasteiger partial charge in [0.1, 0.15) is 11.4 Å². The summed E-state index contributed by atoms with van der Waals surface area (Å²) in [6.07, 6.45) is 0. The summed E-state index contributed by atoms with van der Waals surface area (Å²) < 4.78 is 1.61. The van der Waals surface area contributed by atoms with Gasteiger partial charge < -0.3 is 5.73 Å². The molecule has 2 N–H and O–H groups in total. The third-order valence-electron chi connectivity index (χ3n) is 2.96. The van der Waals surface area contributed by atoms with Crippen LogP contribution in [0.5, 0.6) is 0 Å². The molecule has 0 aliphatic rings. The molecule has 0 radical (unpaired) electrons. The molecule has 0 spiro atoms. The van der Waals surface area contributed by atoms with Crippen LogP contribution in [-0.4, -0.2) is 24.9 Å². The van der Waals surface area contributed by atoms with Crippen molar-refractivity contribution in [2.24, 2.45) is 0 Å². The molecule has 0 unspecified atom stereocenters. The van der Waals surface area contributed by atoms with E-state index in [1.165, 1.54) is 23.5 Å². The number of anilines is 1. The van der Waals surface area contributed by atoms with Gasteiger partial charge in [0, 0.05) is 17.5 Å². The van der Waals surface area contributed by atoms with Crippen LogP contribution in [0.4, 0.5) is 10.8 Å². The number of nitrogen functional groups attached to an aromatic ring is 1. The van der Waals surface area contributed by atoms with E-state index in [0.29, 0.717) is 22.2 Å². The molecule has 21 heavy (non-hydrogen) atoms. The number of non-ortho nitro benzene ring substituents is 1. The lowest BCUT2D eigenvalue weighted by atomic mass is 10.2. The van der Waals surface area contributed by atoms with E-state index in [4.69, 9.17) is 5.73 Å². The number of nitro groups is 1. The highest BCUT2D eigenvalue weighted by atomic mass is 32.1. The summed E-state index contributed by atoms with van der Waals surface area (Å²) in [5.74, 6) is 0.